The first kappa shape index (κ1) is 11.6. The number of benzene rings is 1. The Bertz CT molecular complexity index is 427. The quantitative estimate of drug-likeness (QED) is 0.836. The van der Waals surface area contributed by atoms with Crippen molar-refractivity contribution in [3.05, 3.63) is 24.3 Å². The largest absolute Gasteiger partial charge is 0.383 e. The summed E-state index contributed by atoms with van der Waals surface area (Å²) in [5.74, 6) is 0. The van der Waals surface area contributed by atoms with Crippen molar-refractivity contribution >= 4 is 38.3 Å². The van der Waals surface area contributed by atoms with Gasteiger partial charge < -0.3 is 10.1 Å². The fourth-order valence-electron chi connectivity index (χ4n) is 1.39. The van der Waals surface area contributed by atoms with Gasteiger partial charge in [0.05, 0.1) is 22.2 Å². The summed E-state index contributed by atoms with van der Waals surface area (Å²) in [7, 11) is 1.65. The van der Waals surface area contributed by atoms with Crippen molar-refractivity contribution in [1.29, 1.82) is 0 Å². The molecule has 0 radical (unpaired) electrons. The smallest absolute Gasteiger partial charge is 0.183 e. The minimum atomic E-state index is -0.0305. The Kier molecular flexibility index (Phi) is 3.98. The first-order valence-corrected chi connectivity index (χ1v) is 6.27. The summed E-state index contributed by atoms with van der Waals surface area (Å²) in [6.07, 6.45) is 0. The van der Waals surface area contributed by atoms with Gasteiger partial charge in [-0.25, -0.2) is 4.98 Å². The van der Waals surface area contributed by atoms with Crippen molar-refractivity contribution in [2.45, 2.75) is 5.38 Å². The maximum absolute atomic E-state index is 6.02. The molecule has 3 nitrogen and oxygen atoms in total. The third kappa shape index (κ3) is 2.84. The fourth-order valence-corrected chi connectivity index (χ4v) is 2.46. The van der Waals surface area contributed by atoms with Gasteiger partial charge in [0.2, 0.25) is 0 Å². The van der Waals surface area contributed by atoms with Crippen LogP contribution in [0.4, 0.5) is 5.13 Å². The number of thiazole rings is 1. The highest BCUT2D eigenvalue weighted by molar-refractivity contribution is 7.22. The van der Waals surface area contributed by atoms with Crippen LogP contribution < -0.4 is 5.32 Å². The van der Waals surface area contributed by atoms with Crippen LogP contribution in [0, 0.1) is 0 Å². The van der Waals surface area contributed by atoms with Crippen LogP contribution in [0.25, 0.3) is 10.2 Å². The molecule has 0 saturated carbocycles. The van der Waals surface area contributed by atoms with Crippen LogP contribution in [0.5, 0.6) is 0 Å². The number of para-hydroxylation sites is 1. The standard InChI is InChI=1S/C11H13ClN2OS/c1-15-7-8(12)6-13-11-14-9-4-2-3-5-10(9)16-11/h2-5,8H,6-7H2,1H3,(H,13,14). The maximum atomic E-state index is 6.02. The molecule has 0 spiro atoms. The molecule has 1 atom stereocenters. The Labute approximate surface area is 103 Å². The van der Waals surface area contributed by atoms with Gasteiger partial charge in [-0.1, -0.05) is 23.5 Å². The lowest BCUT2D eigenvalue weighted by Gasteiger charge is -2.07. The van der Waals surface area contributed by atoms with E-state index in [-0.39, 0.29) is 5.38 Å². The Morgan fingerprint density at radius 2 is 2.31 bits per heavy atom. The zero-order chi connectivity index (χ0) is 11.4. The zero-order valence-electron chi connectivity index (χ0n) is 8.94. The average molecular weight is 257 g/mol. The number of halogens is 1. The van der Waals surface area contributed by atoms with Crippen molar-refractivity contribution in [2.24, 2.45) is 0 Å². The summed E-state index contributed by atoms with van der Waals surface area (Å²) in [5.41, 5.74) is 1.02. The van der Waals surface area contributed by atoms with Crippen LogP contribution in [0.2, 0.25) is 0 Å². The second kappa shape index (κ2) is 5.48. The molecule has 0 amide bonds. The van der Waals surface area contributed by atoms with Crippen LogP contribution in [0.15, 0.2) is 24.3 Å². The monoisotopic (exact) mass is 256 g/mol. The van der Waals surface area contributed by atoms with Crippen molar-refractivity contribution in [3.63, 3.8) is 0 Å². The summed E-state index contributed by atoms with van der Waals surface area (Å²) in [4.78, 5) is 4.45. The second-order valence-electron chi connectivity index (χ2n) is 3.42. The van der Waals surface area contributed by atoms with E-state index in [1.54, 1.807) is 18.4 Å². The highest BCUT2D eigenvalue weighted by Gasteiger charge is 2.06. The Morgan fingerprint density at radius 3 is 3.06 bits per heavy atom. The minimum Gasteiger partial charge on any atom is -0.383 e. The number of ether oxygens (including phenoxy) is 1. The molecule has 2 aromatic rings. The number of nitrogens with zero attached hydrogens (tertiary/aromatic N) is 1. The highest BCUT2D eigenvalue weighted by atomic mass is 35.5. The molecule has 0 aliphatic rings. The van der Waals surface area contributed by atoms with Gasteiger partial charge in [0.25, 0.3) is 0 Å². The molecule has 0 bridgehead atoms. The van der Waals surface area contributed by atoms with E-state index in [0.717, 1.165) is 10.6 Å². The van der Waals surface area contributed by atoms with Crippen LogP contribution in [-0.4, -0.2) is 30.6 Å². The van der Waals surface area contributed by atoms with Crippen LogP contribution in [-0.2, 0) is 4.74 Å². The Balaban J connectivity index is 1.99. The molecule has 0 fully saturated rings. The summed E-state index contributed by atoms with van der Waals surface area (Å²) in [5, 5.41) is 4.09. The van der Waals surface area contributed by atoms with E-state index in [0.29, 0.717) is 13.2 Å². The number of fused-ring (bicyclic) bond motifs is 1. The molecular weight excluding hydrogens is 244 g/mol. The molecular formula is C11H13ClN2OS. The first-order chi connectivity index (χ1) is 7.79. The molecule has 1 aromatic carbocycles. The average Bonchev–Trinajstić information content (AvgIpc) is 2.69. The van der Waals surface area contributed by atoms with Gasteiger partial charge in [0.15, 0.2) is 5.13 Å². The van der Waals surface area contributed by atoms with Gasteiger partial charge in [-0.2, -0.15) is 0 Å². The summed E-state index contributed by atoms with van der Waals surface area (Å²) in [6.45, 7) is 1.20. The van der Waals surface area contributed by atoms with Gasteiger partial charge in [0, 0.05) is 13.7 Å². The number of aromatic nitrogens is 1. The van der Waals surface area contributed by atoms with E-state index in [1.807, 2.05) is 18.2 Å². The number of hydrogen-bond donors (Lipinski definition) is 1. The molecule has 1 aromatic heterocycles. The Morgan fingerprint density at radius 1 is 1.50 bits per heavy atom. The topological polar surface area (TPSA) is 34.1 Å². The lowest BCUT2D eigenvalue weighted by Crippen LogP contribution is -2.18. The van der Waals surface area contributed by atoms with Crippen LogP contribution >= 0.6 is 22.9 Å². The van der Waals surface area contributed by atoms with Crippen LogP contribution in [0.1, 0.15) is 0 Å². The molecule has 1 unspecified atom stereocenters. The van der Waals surface area contributed by atoms with Crippen LogP contribution in [0.3, 0.4) is 0 Å². The highest BCUT2D eigenvalue weighted by Crippen LogP contribution is 2.25. The van der Waals surface area contributed by atoms with Gasteiger partial charge in [-0.15, -0.1) is 11.6 Å². The summed E-state index contributed by atoms with van der Waals surface area (Å²) < 4.78 is 6.15. The molecule has 2 rings (SSSR count). The number of nitrogens with one attached hydrogen (secondary N) is 1. The third-order valence-corrected chi connectivity index (χ3v) is 3.39. The SMILES string of the molecule is COCC(Cl)CNc1nc2ccccc2s1. The van der Waals surface area contributed by atoms with Crippen molar-refractivity contribution in [3.8, 4) is 0 Å². The van der Waals surface area contributed by atoms with Crippen molar-refractivity contribution in [1.82, 2.24) is 4.98 Å². The van der Waals surface area contributed by atoms with Gasteiger partial charge in [-0.3, -0.25) is 0 Å². The molecule has 0 aliphatic carbocycles. The van der Waals surface area contributed by atoms with E-state index in [4.69, 9.17) is 16.3 Å². The van der Waals surface area contributed by atoms with E-state index < -0.39 is 0 Å². The second-order valence-corrected chi connectivity index (χ2v) is 5.07. The van der Waals surface area contributed by atoms with E-state index >= 15 is 0 Å². The number of methoxy groups -OCH3 is 1. The summed E-state index contributed by atoms with van der Waals surface area (Å²) in [6, 6.07) is 8.07. The predicted octanol–water partition coefficient (Wildman–Crippen LogP) is 2.96. The summed E-state index contributed by atoms with van der Waals surface area (Å²) >= 11 is 7.65. The lowest BCUT2D eigenvalue weighted by molar-refractivity contribution is 0.200. The normalized spacial score (nSPS) is 12.9. The number of hydrogen-bond acceptors (Lipinski definition) is 4. The van der Waals surface area contributed by atoms with Crippen molar-refractivity contribution in [2.75, 3.05) is 25.6 Å². The number of alkyl halides is 1. The Hall–Kier alpha value is -0.840. The zero-order valence-corrected chi connectivity index (χ0v) is 10.5. The van der Waals surface area contributed by atoms with E-state index in [1.165, 1.54) is 4.70 Å². The number of anilines is 1. The first-order valence-electron chi connectivity index (χ1n) is 5.02. The lowest BCUT2D eigenvalue weighted by atomic mass is 10.3. The molecule has 86 valence electrons. The van der Waals surface area contributed by atoms with Gasteiger partial charge in [0.1, 0.15) is 0 Å². The fraction of sp³-hybridized carbons (Fsp3) is 0.364. The molecule has 5 heteroatoms. The number of rotatable bonds is 5. The minimum absolute atomic E-state index is 0.0305. The molecule has 0 aliphatic heterocycles. The predicted molar refractivity (Wildman–Crippen MR) is 69.6 cm³/mol. The molecule has 0 saturated heterocycles. The molecule has 1 N–H and O–H groups in total. The van der Waals surface area contributed by atoms with E-state index in [9.17, 15) is 0 Å². The van der Waals surface area contributed by atoms with Crippen molar-refractivity contribution < 1.29 is 4.74 Å². The third-order valence-electron chi connectivity index (χ3n) is 2.12. The molecule has 16 heavy (non-hydrogen) atoms. The maximum Gasteiger partial charge on any atom is 0.183 e. The van der Waals surface area contributed by atoms with Gasteiger partial charge >= 0.3 is 0 Å². The van der Waals surface area contributed by atoms with Gasteiger partial charge in [-0.05, 0) is 12.1 Å². The molecule has 1 heterocycles. The van der Waals surface area contributed by atoms with E-state index in [2.05, 4.69) is 16.4 Å².